The van der Waals surface area contributed by atoms with Crippen LogP contribution < -0.4 is 15.8 Å². The number of benzene rings is 1. The van der Waals surface area contributed by atoms with E-state index in [2.05, 4.69) is 32.9 Å². The predicted molar refractivity (Wildman–Crippen MR) is 77.6 cm³/mol. The summed E-state index contributed by atoms with van der Waals surface area (Å²) in [6.45, 7) is 0. The third-order valence-electron chi connectivity index (χ3n) is 2.25. The zero-order valence-electron chi connectivity index (χ0n) is 9.27. The van der Waals surface area contributed by atoms with Gasteiger partial charge in [0.05, 0.1) is 12.8 Å². The summed E-state index contributed by atoms with van der Waals surface area (Å²) in [7, 11) is 1.64. The van der Waals surface area contributed by atoms with Gasteiger partial charge in [0.1, 0.15) is 9.45 Å². The Balaban J connectivity index is 2.22. The van der Waals surface area contributed by atoms with Crippen LogP contribution in [-0.2, 0) is 0 Å². The highest BCUT2D eigenvalue weighted by Crippen LogP contribution is 2.23. The molecular weight excluding hydrogens is 329 g/mol. The minimum absolute atomic E-state index is 0.626. The second-order valence-electron chi connectivity index (χ2n) is 3.43. The summed E-state index contributed by atoms with van der Waals surface area (Å²) in [5, 5.41) is 3.17. The van der Waals surface area contributed by atoms with Crippen LogP contribution in [-0.4, -0.2) is 12.1 Å². The Kier molecular flexibility index (Phi) is 3.68. The van der Waals surface area contributed by atoms with Crippen molar-refractivity contribution in [2.75, 3.05) is 18.2 Å². The topological polar surface area (TPSA) is 60.2 Å². The van der Waals surface area contributed by atoms with Crippen LogP contribution in [0.2, 0.25) is 0 Å². The summed E-state index contributed by atoms with van der Waals surface area (Å²) >= 11 is 2.15. The molecule has 0 unspecified atom stereocenters. The second-order valence-corrected chi connectivity index (χ2v) is 4.53. The Morgan fingerprint density at radius 3 is 2.53 bits per heavy atom. The van der Waals surface area contributed by atoms with Crippen LogP contribution in [0.4, 0.5) is 17.2 Å². The SMILES string of the molecule is COc1ccc(Nc2nc(I)ccc2N)cc1. The van der Waals surface area contributed by atoms with Gasteiger partial charge in [0.2, 0.25) is 0 Å². The Hall–Kier alpha value is -1.50. The summed E-state index contributed by atoms with van der Waals surface area (Å²) in [5.74, 6) is 1.49. The van der Waals surface area contributed by atoms with Crippen molar-refractivity contribution in [1.29, 1.82) is 0 Å². The van der Waals surface area contributed by atoms with E-state index in [1.165, 1.54) is 0 Å². The molecular formula is C12H12IN3O. The van der Waals surface area contributed by atoms with Gasteiger partial charge < -0.3 is 15.8 Å². The van der Waals surface area contributed by atoms with Crippen LogP contribution in [0, 0.1) is 3.70 Å². The smallest absolute Gasteiger partial charge is 0.154 e. The summed E-state index contributed by atoms with van der Waals surface area (Å²) in [6, 6.07) is 11.3. The summed E-state index contributed by atoms with van der Waals surface area (Å²) < 4.78 is 5.99. The third-order valence-corrected chi connectivity index (χ3v) is 2.85. The lowest BCUT2D eigenvalue weighted by atomic mass is 10.3. The maximum absolute atomic E-state index is 5.84. The Morgan fingerprint density at radius 2 is 1.88 bits per heavy atom. The number of rotatable bonds is 3. The van der Waals surface area contributed by atoms with Crippen molar-refractivity contribution in [3.05, 3.63) is 40.1 Å². The average Bonchev–Trinajstić information content (AvgIpc) is 2.35. The molecule has 0 saturated heterocycles. The van der Waals surface area contributed by atoms with E-state index in [1.807, 2.05) is 36.4 Å². The maximum Gasteiger partial charge on any atom is 0.154 e. The van der Waals surface area contributed by atoms with Crippen LogP contribution in [0.25, 0.3) is 0 Å². The number of ether oxygens (including phenoxy) is 1. The summed E-state index contributed by atoms with van der Waals surface area (Å²) in [6.07, 6.45) is 0. The largest absolute Gasteiger partial charge is 0.497 e. The molecule has 0 aliphatic carbocycles. The molecule has 0 atom stereocenters. The fourth-order valence-corrected chi connectivity index (χ4v) is 1.78. The van der Waals surface area contributed by atoms with Gasteiger partial charge in [0.15, 0.2) is 5.82 Å². The van der Waals surface area contributed by atoms with Gasteiger partial charge in [-0.1, -0.05) is 0 Å². The molecule has 0 saturated carbocycles. The molecule has 88 valence electrons. The number of pyridine rings is 1. The molecule has 0 spiro atoms. The van der Waals surface area contributed by atoms with E-state index in [1.54, 1.807) is 7.11 Å². The number of methoxy groups -OCH3 is 1. The van der Waals surface area contributed by atoms with E-state index in [-0.39, 0.29) is 0 Å². The molecule has 0 aliphatic rings. The number of aromatic nitrogens is 1. The predicted octanol–water partition coefficient (Wildman–Crippen LogP) is 3.02. The van der Waals surface area contributed by atoms with Gasteiger partial charge in [-0.15, -0.1) is 0 Å². The van der Waals surface area contributed by atoms with E-state index < -0.39 is 0 Å². The molecule has 0 amide bonds. The molecule has 0 aliphatic heterocycles. The van der Waals surface area contributed by atoms with Gasteiger partial charge in [-0.25, -0.2) is 4.98 Å². The lowest BCUT2D eigenvalue weighted by molar-refractivity contribution is 0.415. The van der Waals surface area contributed by atoms with E-state index in [4.69, 9.17) is 10.5 Å². The molecule has 0 radical (unpaired) electrons. The van der Waals surface area contributed by atoms with Crippen molar-refractivity contribution in [3.8, 4) is 5.75 Å². The van der Waals surface area contributed by atoms with Gasteiger partial charge >= 0.3 is 0 Å². The molecule has 2 rings (SSSR count). The van der Waals surface area contributed by atoms with Crippen molar-refractivity contribution < 1.29 is 4.74 Å². The Morgan fingerprint density at radius 1 is 1.18 bits per heavy atom. The second kappa shape index (κ2) is 5.22. The monoisotopic (exact) mass is 341 g/mol. The molecule has 0 fully saturated rings. The first-order chi connectivity index (χ1) is 8.19. The van der Waals surface area contributed by atoms with Gasteiger partial charge in [-0.2, -0.15) is 0 Å². The van der Waals surface area contributed by atoms with Crippen LogP contribution in [0.15, 0.2) is 36.4 Å². The molecule has 2 aromatic rings. The van der Waals surface area contributed by atoms with Crippen molar-refractivity contribution in [1.82, 2.24) is 4.98 Å². The highest BCUT2D eigenvalue weighted by molar-refractivity contribution is 14.1. The van der Waals surface area contributed by atoms with E-state index in [9.17, 15) is 0 Å². The van der Waals surface area contributed by atoms with Crippen molar-refractivity contribution in [2.45, 2.75) is 0 Å². The normalized spacial score (nSPS) is 10.0. The Labute approximate surface area is 113 Å². The maximum atomic E-state index is 5.84. The van der Waals surface area contributed by atoms with Gasteiger partial charge in [0, 0.05) is 5.69 Å². The zero-order valence-corrected chi connectivity index (χ0v) is 11.4. The van der Waals surface area contributed by atoms with Gasteiger partial charge in [-0.3, -0.25) is 0 Å². The Bertz CT molecular complexity index is 514. The lowest BCUT2D eigenvalue weighted by Gasteiger charge is -2.09. The van der Waals surface area contributed by atoms with Gasteiger partial charge in [-0.05, 0) is 59.0 Å². The number of hydrogen-bond acceptors (Lipinski definition) is 4. The first-order valence-corrected chi connectivity index (χ1v) is 6.10. The lowest BCUT2D eigenvalue weighted by Crippen LogP contribution is -2.00. The number of nitrogens with one attached hydrogen (secondary N) is 1. The third kappa shape index (κ3) is 3.00. The number of halogens is 1. The fourth-order valence-electron chi connectivity index (χ4n) is 1.36. The molecule has 3 N–H and O–H groups in total. The standard InChI is InChI=1S/C12H12IN3O/c1-17-9-4-2-8(3-5-9)15-12-10(14)6-7-11(13)16-12/h2-7H,14H2,1H3,(H,15,16). The first-order valence-electron chi connectivity index (χ1n) is 5.02. The van der Waals surface area contributed by atoms with Crippen LogP contribution in [0.1, 0.15) is 0 Å². The van der Waals surface area contributed by atoms with Crippen molar-refractivity contribution in [2.24, 2.45) is 0 Å². The number of hydrogen-bond donors (Lipinski definition) is 2. The minimum Gasteiger partial charge on any atom is -0.497 e. The summed E-state index contributed by atoms with van der Waals surface area (Å²) in [4.78, 5) is 4.33. The first kappa shape index (κ1) is 12.0. The fraction of sp³-hybridized carbons (Fsp3) is 0.0833. The van der Waals surface area contributed by atoms with E-state index in [0.29, 0.717) is 11.5 Å². The van der Waals surface area contributed by atoms with Gasteiger partial charge in [0.25, 0.3) is 0 Å². The molecule has 5 heteroatoms. The summed E-state index contributed by atoms with van der Waals surface area (Å²) in [5.41, 5.74) is 7.39. The molecule has 17 heavy (non-hydrogen) atoms. The van der Waals surface area contributed by atoms with E-state index in [0.717, 1.165) is 15.1 Å². The molecule has 1 aromatic carbocycles. The number of anilines is 3. The van der Waals surface area contributed by atoms with Crippen LogP contribution in [0.5, 0.6) is 5.75 Å². The van der Waals surface area contributed by atoms with E-state index >= 15 is 0 Å². The molecule has 0 bridgehead atoms. The molecule has 4 nitrogen and oxygen atoms in total. The number of nitrogens with zero attached hydrogens (tertiary/aromatic N) is 1. The van der Waals surface area contributed by atoms with Crippen molar-refractivity contribution >= 4 is 39.8 Å². The molecule has 1 heterocycles. The highest BCUT2D eigenvalue weighted by Gasteiger charge is 2.02. The number of nitrogens with two attached hydrogens (primary N) is 1. The van der Waals surface area contributed by atoms with Crippen molar-refractivity contribution in [3.63, 3.8) is 0 Å². The molecule has 1 aromatic heterocycles. The number of nitrogen functional groups attached to an aromatic ring is 1. The average molecular weight is 341 g/mol. The zero-order chi connectivity index (χ0) is 12.3. The van der Waals surface area contributed by atoms with Crippen LogP contribution in [0.3, 0.4) is 0 Å². The van der Waals surface area contributed by atoms with Crippen LogP contribution >= 0.6 is 22.6 Å². The quantitative estimate of drug-likeness (QED) is 0.666. The highest BCUT2D eigenvalue weighted by atomic mass is 127. The minimum atomic E-state index is 0.626.